The zero-order valence-corrected chi connectivity index (χ0v) is 18.3. The fourth-order valence-electron chi connectivity index (χ4n) is 3.20. The molecule has 2 aromatic carbocycles. The highest BCUT2D eigenvalue weighted by atomic mass is 35.5. The number of nitrogens with zero attached hydrogens (tertiary/aromatic N) is 1. The third-order valence-corrected chi connectivity index (χ3v) is 7.00. The molecular formula is C21H25ClN2O5S. The molecule has 2 aromatic rings. The monoisotopic (exact) mass is 452 g/mol. The fourth-order valence-corrected chi connectivity index (χ4v) is 5.11. The largest absolute Gasteiger partial charge is 0.497 e. The van der Waals surface area contributed by atoms with E-state index in [0.29, 0.717) is 31.1 Å². The second kappa shape index (κ2) is 10.1. The molecule has 9 heteroatoms. The number of hydrogen-bond donors (Lipinski definition) is 1. The summed E-state index contributed by atoms with van der Waals surface area (Å²) in [7, 11) is -2.11. The fraction of sp³-hybridized carbons (Fsp3) is 0.381. The van der Waals surface area contributed by atoms with E-state index in [2.05, 4.69) is 5.32 Å². The van der Waals surface area contributed by atoms with Crippen molar-refractivity contribution in [3.63, 3.8) is 0 Å². The lowest BCUT2D eigenvalue weighted by atomic mass is 10.1. The summed E-state index contributed by atoms with van der Waals surface area (Å²) in [6, 6.07) is 12.0. The molecule has 1 fully saturated rings. The second-order valence-corrected chi connectivity index (χ2v) is 9.28. The number of amides is 1. The first-order valence-corrected chi connectivity index (χ1v) is 11.5. The van der Waals surface area contributed by atoms with Gasteiger partial charge in [-0.05, 0) is 55.2 Å². The molecular weight excluding hydrogens is 428 g/mol. The highest BCUT2D eigenvalue weighted by Crippen LogP contribution is 2.31. The molecule has 0 unspecified atom stereocenters. The van der Waals surface area contributed by atoms with Crippen LogP contribution in [0.5, 0.6) is 11.5 Å². The van der Waals surface area contributed by atoms with Crippen molar-refractivity contribution in [1.29, 1.82) is 0 Å². The van der Waals surface area contributed by atoms with Crippen molar-refractivity contribution in [2.24, 2.45) is 0 Å². The summed E-state index contributed by atoms with van der Waals surface area (Å²) in [5, 5.41) is 3.07. The number of sulfonamides is 1. The van der Waals surface area contributed by atoms with Gasteiger partial charge in [0.05, 0.1) is 7.11 Å². The molecule has 7 nitrogen and oxygen atoms in total. The standard InChI is InChI=1S/C21H25ClN2O5S/c1-28-18-7-4-16(5-8-18)10-11-23-21(25)15-29-19-9-6-17(22)14-20(19)30(26,27)24-12-2-3-13-24/h4-9,14H,2-3,10-13,15H2,1H3,(H,23,25). The van der Waals surface area contributed by atoms with Crippen molar-refractivity contribution in [2.45, 2.75) is 24.2 Å². The van der Waals surface area contributed by atoms with Crippen LogP contribution < -0.4 is 14.8 Å². The van der Waals surface area contributed by atoms with E-state index in [0.717, 1.165) is 24.2 Å². The van der Waals surface area contributed by atoms with Crippen LogP contribution in [0.2, 0.25) is 5.02 Å². The van der Waals surface area contributed by atoms with Gasteiger partial charge in [0.25, 0.3) is 5.91 Å². The predicted molar refractivity (Wildman–Crippen MR) is 115 cm³/mol. The minimum Gasteiger partial charge on any atom is -0.497 e. The van der Waals surface area contributed by atoms with Gasteiger partial charge < -0.3 is 14.8 Å². The van der Waals surface area contributed by atoms with E-state index in [-0.39, 0.29) is 23.2 Å². The third-order valence-electron chi connectivity index (χ3n) is 4.84. The van der Waals surface area contributed by atoms with Crippen LogP contribution in [0.25, 0.3) is 0 Å². The summed E-state index contributed by atoms with van der Waals surface area (Å²) >= 11 is 6.01. The number of hydrogen-bond acceptors (Lipinski definition) is 5. The van der Waals surface area contributed by atoms with Gasteiger partial charge in [0.2, 0.25) is 10.0 Å². The quantitative estimate of drug-likeness (QED) is 0.632. The topological polar surface area (TPSA) is 84.9 Å². The number of methoxy groups -OCH3 is 1. The number of benzene rings is 2. The van der Waals surface area contributed by atoms with Crippen LogP contribution in [-0.2, 0) is 21.2 Å². The van der Waals surface area contributed by atoms with Crippen LogP contribution in [0.1, 0.15) is 18.4 Å². The first-order valence-electron chi connectivity index (χ1n) is 9.72. The highest BCUT2D eigenvalue weighted by Gasteiger charge is 2.30. The molecule has 3 rings (SSSR count). The van der Waals surface area contributed by atoms with Gasteiger partial charge in [-0.3, -0.25) is 4.79 Å². The molecule has 0 bridgehead atoms. The Bertz CT molecular complexity index is 973. The number of carbonyl (C=O) groups is 1. The van der Waals surface area contributed by atoms with Gasteiger partial charge in [-0.15, -0.1) is 0 Å². The smallest absolute Gasteiger partial charge is 0.257 e. The number of ether oxygens (including phenoxy) is 2. The Balaban J connectivity index is 1.56. The third kappa shape index (κ3) is 5.65. The maximum atomic E-state index is 12.9. The van der Waals surface area contributed by atoms with Gasteiger partial charge in [0.15, 0.2) is 6.61 Å². The second-order valence-electron chi connectivity index (χ2n) is 6.94. The van der Waals surface area contributed by atoms with Crippen molar-refractivity contribution >= 4 is 27.5 Å². The van der Waals surface area contributed by atoms with E-state index >= 15 is 0 Å². The molecule has 1 aliphatic heterocycles. The molecule has 1 aliphatic rings. The number of rotatable bonds is 9. The van der Waals surface area contributed by atoms with Gasteiger partial charge in [0, 0.05) is 24.7 Å². The zero-order valence-electron chi connectivity index (χ0n) is 16.8. The summed E-state index contributed by atoms with van der Waals surface area (Å²) in [5.74, 6) is 0.568. The van der Waals surface area contributed by atoms with Crippen LogP contribution in [0.3, 0.4) is 0 Å². The molecule has 0 aliphatic carbocycles. The molecule has 30 heavy (non-hydrogen) atoms. The van der Waals surface area contributed by atoms with Crippen LogP contribution in [0, 0.1) is 0 Å². The molecule has 0 spiro atoms. The van der Waals surface area contributed by atoms with Gasteiger partial charge in [0.1, 0.15) is 16.4 Å². The van der Waals surface area contributed by atoms with Crippen molar-refractivity contribution in [1.82, 2.24) is 9.62 Å². The first kappa shape index (κ1) is 22.4. The van der Waals surface area contributed by atoms with Crippen molar-refractivity contribution in [2.75, 3.05) is 33.4 Å². The van der Waals surface area contributed by atoms with E-state index in [4.69, 9.17) is 21.1 Å². The van der Waals surface area contributed by atoms with E-state index < -0.39 is 10.0 Å². The summed E-state index contributed by atoms with van der Waals surface area (Å²) in [6.07, 6.45) is 2.31. The SMILES string of the molecule is COc1ccc(CCNC(=O)COc2ccc(Cl)cc2S(=O)(=O)N2CCCC2)cc1. The molecule has 1 saturated heterocycles. The van der Waals surface area contributed by atoms with Crippen molar-refractivity contribution in [3.8, 4) is 11.5 Å². The van der Waals surface area contributed by atoms with Gasteiger partial charge in [-0.25, -0.2) is 8.42 Å². The Morgan fingerprint density at radius 1 is 1.13 bits per heavy atom. The molecule has 0 saturated carbocycles. The van der Waals surface area contributed by atoms with Crippen LogP contribution >= 0.6 is 11.6 Å². The minimum atomic E-state index is -3.72. The molecule has 1 N–H and O–H groups in total. The highest BCUT2D eigenvalue weighted by molar-refractivity contribution is 7.89. The summed E-state index contributed by atoms with van der Waals surface area (Å²) in [5.41, 5.74) is 1.06. The lowest BCUT2D eigenvalue weighted by molar-refractivity contribution is -0.123. The molecule has 0 atom stereocenters. The van der Waals surface area contributed by atoms with Gasteiger partial charge in [-0.1, -0.05) is 23.7 Å². The molecule has 1 amide bonds. The normalized spacial score (nSPS) is 14.5. The predicted octanol–water partition coefficient (Wildman–Crippen LogP) is 2.87. The lowest BCUT2D eigenvalue weighted by Gasteiger charge is -2.18. The maximum Gasteiger partial charge on any atom is 0.257 e. The van der Waals surface area contributed by atoms with E-state index in [1.54, 1.807) is 13.2 Å². The Morgan fingerprint density at radius 3 is 2.50 bits per heavy atom. The van der Waals surface area contributed by atoms with Crippen LogP contribution in [0.4, 0.5) is 0 Å². The lowest BCUT2D eigenvalue weighted by Crippen LogP contribution is -2.31. The van der Waals surface area contributed by atoms with E-state index in [1.807, 2.05) is 24.3 Å². The number of nitrogens with one attached hydrogen (secondary N) is 1. The molecule has 0 aromatic heterocycles. The molecule has 0 radical (unpaired) electrons. The number of halogens is 1. The minimum absolute atomic E-state index is 0.0112. The van der Waals surface area contributed by atoms with Gasteiger partial charge in [-0.2, -0.15) is 4.31 Å². The zero-order chi connectivity index (χ0) is 21.6. The number of carbonyl (C=O) groups excluding carboxylic acids is 1. The van der Waals surface area contributed by atoms with Crippen molar-refractivity contribution < 1.29 is 22.7 Å². The maximum absolute atomic E-state index is 12.9. The van der Waals surface area contributed by atoms with E-state index in [9.17, 15) is 13.2 Å². The van der Waals surface area contributed by atoms with Gasteiger partial charge >= 0.3 is 0 Å². The Labute approximate surface area is 182 Å². The van der Waals surface area contributed by atoms with Crippen LogP contribution in [-0.4, -0.2) is 52.0 Å². The molecule has 1 heterocycles. The van der Waals surface area contributed by atoms with E-state index in [1.165, 1.54) is 16.4 Å². The average molecular weight is 453 g/mol. The Morgan fingerprint density at radius 2 is 1.83 bits per heavy atom. The average Bonchev–Trinajstić information content (AvgIpc) is 3.29. The molecule has 162 valence electrons. The first-order chi connectivity index (χ1) is 14.4. The summed E-state index contributed by atoms with van der Waals surface area (Å²) in [4.78, 5) is 12.1. The summed E-state index contributed by atoms with van der Waals surface area (Å²) < 4.78 is 37.9. The van der Waals surface area contributed by atoms with Crippen molar-refractivity contribution in [3.05, 3.63) is 53.1 Å². The summed E-state index contributed by atoms with van der Waals surface area (Å²) in [6.45, 7) is 1.10. The Kier molecular flexibility index (Phi) is 7.58. The Hall–Kier alpha value is -2.29. The van der Waals surface area contributed by atoms with Crippen LogP contribution in [0.15, 0.2) is 47.4 Å².